The fourth-order valence-corrected chi connectivity index (χ4v) is 10.9. The Kier molecular flexibility index (Phi) is 13.1. The zero-order chi connectivity index (χ0) is 48.1. The Labute approximate surface area is 379 Å². The van der Waals surface area contributed by atoms with Crippen LogP contribution in [0.3, 0.4) is 0 Å². The number of hydrogen-bond donors (Lipinski definition) is 5. The van der Waals surface area contributed by atoms with E-state index < -0.39 is 120 Å². The molecule has 5 N–H and O–H groups in total. The summed E-state index contributed by atoms with van der Waals surface area (Å²) in [6, 6.07) is 21.5. The Balaban J connectivity index is 1.43. The van der Waals surface area contributed by atoms with Crippen molar-refractivity contribution in [3.8, 4) is 0 Å². The maximum absolute atomic E-state index is 15.6. The van der Waals surface area contributed by atoms with Gasteiger partial charge in [-0.25, -0.2) is 14.2 Å². The van der Waals surface area contributed by atoms with Crippen molar-refractivity contribution in [3.05, 3.63) is 119 Å². The molecule has 66 heavy (non-hydrogen) atoms. The van der Waals surface area contributed by atoms with E-state index in [4.69, 9.17) is 28.2 Å². The van der Waals surface area contributed by atoms with Gasteiger partial charge >= 0.3 is 31.7 Å². The molecule has 0 aromatic heterocycles. The number of aliphatic hydroxyl groups excluding tert-OH is 1. The molecular formula is C47H52NO17P. The summed E-state index contributed by atoms with van der Waals surface area (Å²) in [6.45, 7) is 7.56. The van der Waals surface area contributed by atoms with Crippen LogP contribution in [0.4, 0.5) is 0 Å². The fourth-order valence-electron chi connectivity index (χ4n) is 10.4. The predicted molar refractivity (Wildman–Crippen MR) is 229 cm³/mol. The lowest BCUT2D eigenvalue weighted by Gasteiger charge is -2.67. The van der Waals surface area contributed by atoms with Crippen LogP contribution < -0.4 is 5.32 Å². The summed E-state index contributed by atoms with van der Waals surface area (Å²) in [7, 11) is -5.59. The van der Waals surface area contributed by atoms with E-state index in [0.717, 1.165) is 13.8 Å². The van der Waals surface area contributed by atoms with Crippen LogP contribution in [0.1, 0.15) is 86.7 Å². The second-order valence-electron chi connectivity index (χ2n) is 17.9. The van der Waals surface area contributed by atoms with Gasteiger partial charge in [0, 0.05) is 37.7 Å². The molecule has 1 amide bonds. The van der Waals surface area contributed by atoms with Crippen LogP contribution in [0.2, 0.25) is 0 Å². The Morgan fingerprint density at radius 2 is 1.41 bits per heavy atom. The molecule has 352 valence electrons. The number of Topliss-reactive ketones (excluding diaryl/α,β-unsaturated/α-hetero) is 1. The maximum Gasteiger partial charge on any atom is 0.470 e. The number of amides is 1. The van der Waals surface area contributed by atoms with Gasteiger partial charge < -0.3 is 49.0 Å². The van der Waals surface area contributed by atoms with Crippen LogP contribution in [0.5, 0.6) is 0 Å². The summed E-state index contributed by atoms with van der Waals surface area (Å²) in [6.07, 6.45) is -11.5. The number of phosphoric ester groups is 1. The van der Waals surface area contributed by atoms with Crippen molar-refractivity contribution >= 4 is 43.4 Å². The van der Waals surface area contributed by atoms with Crippen LogP contribution in [-0.4, -0.2) is 110 Å². The molecule has 2 saturated carbocycles. The highest BCUT2D eigenvalue weighted by molar-refractivity contribution is 7.46. The molecule has 7 rings (SSSR count). The lowest BCUT2D eigenvalue weighted by molar-refractivity contribution is -0.346. The molecule has 3 fully saturated rings. The van der Waals surface area contributed by atoms with E-state index in [1.165, 1.54) is 64.1 Å². The number of rotatable bonds is 12. The van der Waals surface area contributed by atoms with Gasteiger partial charge in [0.05, 0.1) is 35.6 Å². The fraction of sp³-hybridized carbons (Fsp3) is 0.447. The Morgan fingerprint density at radius 3 is 1.94 bits per heavy atom. The standard InChI is InChI=1S/C47H52NO17P/c1-25-31(62-43(55)37(65-66(57,58)59)35(28-16-10-7-11-17-28)48-41(53)29-18-12-8-13-19-29)23-47(56)40(63-42(54)30-20-14-9-15-21-30)38-45(6,32(51)22-33-46(38,24-60-33)64-27(3)50)39(52)36(61-26(2)49)34(25)44(47,4)5/h7-21,31-33,35-38,40,51,56H,22-24H2,1-6H3,(H,48,53)(H2,57,58,59)/t31-,32-,33+,35-,36+,37+,38?,40-,45+,46-,47+/m0/s1. The minimum atomic E-state index is -5.59. The topological polar surface area (TPSA) is 268 Å². The summed E-state index contributed by atoms with van der Waals surface area (Å²) in [5.41, 5.74) is -8.04. The van der Waals surface area contributed by atoms with Gasteiger partial charge in [0.2, 0.25) is 0 Å². The van der Waals surface area contributed by atoms with Gasteiger partial charge in [-0.15, -0.1) is 0 Å². The van der Waals surface area contributed by atoms with E-state index in [2.05, 4.69) is 5.32 Å². The third kappa shape index (κ3) is 8.51. The summed E-state index contributed by atoms with van der Waals surface area (Å²) < 4.78 is 48.1. The number of esters is 4. The second-order valence-corrected chi connectivity index (χ2v) is 19.1. The normalized spacial score (nSPS) is 30.9. The molecule has 18 nitrogen and oxygen atoms in total. The summed E-state index contributed by atoms with van der Waals surface area (Å²) >= 11 is 0. The number of phosphoric acid groups is 1. The predicted octanol–water partition coefficient (Wildman–Crippen LogP) is 3.85. The van der Waals surface area contributed by atoms with Gasteiger partial charge in [-0.05, 0) is 54.8 Å². The van der Waals surface area contributed by atoms with E-state index in [9.17, 15) is 48.5 Å². The third-order valence-electron chi connectivity index (χ3n) is 13.7. The number of hydrogen-bond acceptors (Lipinski definition) is 15. The Morgan fingerprint density at radius 1 is 0.833 bits per heavy atom. The van der Waals surface area contributed by atoms with Crippen LogP contribution in [0, 0.1) is 16.7 Å². The minimum Gasteiger partial charge on any atom is -0.456 e. The molecule has 19 heteroatoms. The largest absolute Gasteiger partial charge is 0.470 e. The number of fused-ring (bicyclic) bond motifs is 5. The second kappa shape index (κ2) is 17.9. The first-order valence-corrected chi connectivity index (χ1v) is 22.7. The van der Waals surface area contributed by atoms with Crippen LogP contribution in [0.15, 0.2) is 102 Å². The molecule has 3 aromatic carbocycles. The first-order chi connectivity index (χ1) is 31.0. The highest BCUT2D eigenvalue weighted by atomic mass is 31.2. The molecule has 0 spiro atoms. The van der Waals surface area contributed by atoms with Crippen molar-refractivity contribution in [1.82, 2.24) is 5.32 Å². The molecule has 4 aliphatic rings. The molecule has 1 unspecified atom stereocenters. The van der Waals surface area contributed by atoms with Gasteiger partial charge in [-0.2, -0.15) is 0 Å². The first-order valence-electron chi connectivity index (χ1n) is 21.2. The quantitative estimate of drug-likeness (QED) is 0.0747. The van der Waals surface area contributed by atoms with Crippen LogP contribution >= 0.6 is 7.82 Å². The molecule has 11 atom stereocenters. The SMILES string of the molecule is CC(=O)O[C@H]1C(=O)[C@@]2(C)C([C@H](OC(=O)c3ccccc3)[C@]3(O)C[C@H](OC(=O)[C@H](OP(=O)(O)O)[C@@H](NC(=O)c4ccccc4)c4ccccc4)C(C)=C1C3(C)C)[C@]1(OC(C)=O)CO[C@@H]1C[C@@H]2O. The Bertz CT molecular complexity index is 2480. The molecule has 1 aliphatic heterocycles. The third-order valence-corrected chi connectivity index (χ3v) is 14.2. The molecule has 0 radical (unpaired) electrons. The average Bonchev–Trinajstić information content (AvgIpc) is 3.26. The van der Waals surface area contributed by atoms with Crippen LogP contribution in [0.25, 0.3) is 0 Å². The summed E-state index contributed by atoms with van der Waals surface area (Å²) in [5.74, 6) is -7.57. The van der Waals surface area contributed by atoms with Crippen molar-refractivity contribution in [2.45, 2.75) is 108 Å². The van der Waals surface area contributed by atoms with Crippen molar-refractivity contribution in [3.63, 3.8) is 0 Å². The van der Waals surface area contributed by atoms with Crippen molar-refractivity contribution < 1.29 is 81.5 Å². The molecule has 2 bridgehead atoms. The average molecular weight is 934 g/mol. The van der Waals surface area contributed by atoms with Gasteiger partial charge in [0.1, 0.15) is 23.9 Å². The zero-order valence-corrected chi connectivity index (χ0v) is 37.8. The van der Waals surface area contributed by atoms with E-state index in [1.807, 2.05) is 0 Å². The highest BCUT2D eigenvalue weighted by Gasteiger charge is 2.78. The highest BCUT2D eigenvalue weighted by Crippen LogP contribution is 2.64. The van der Waals surface area contributed by atoms with E-state index in [-0.39, 0.29) is 40.9 Å². The maximum atomic E-state index is 15.6. The van der Waals surface area contributed by atoms with Crippen LogP contribution in [-0.2, 0) is 52.0 Å². The summed E-state index contributed by atoms with van der Waals surface area (Å²) in [5, 5.41) is 28.5. The van der Waals surface area contributed by atoms with Crippen molar-refractivity contribution in [1.29, 1.82) is 0 Å². The van der Waals surface area contributed by atoms with Gasteiger partial charge in [-0.1, -0.05) is 80.6 Å². The number of benzene rings is 3. The van der Waals surface area contributed by atoms with E-state index in [0.29, 0.717) is 0 Å². The number of ketones is 1. The molecule has 1 heterocycles. The lowest BCUT2D eigenvalue weighted by atomic mass is 9.44. The number of carbonyl (C=O) groups excluding carboxylic acids is 6. The number of ether oxygens (including phenoxy) is 5. The van der Waals surface area contributed by atoms with Crippen molar-refractivity contribution in [2.75, 3.05) is 6.61 Å². The molecule has 3 aliphatic carbocycles. The van der Waals surface area contributed by atoms with Crippen molar-refractivity contribution in [2.24, 2.45) is 16.7 Å². The molecular weight excluding hydrogens is 881 g/mol. The zero-order valence-electron chi connectivity index (χ0n) is 36.9. The first kappa shape index (κ1) is 48.3. The van der Waals surface area contributed by atoms with Gasteiger partial charge in [-0.3, -0.25) is 23.7 Å². The number of carbonyl (C=O) groups is 6. The van der Waals surface area contributed by atoms with E-state index in [1.54, 1.807) is 54.6 Å². The Hall–Kier alpha value is -5.59. The number of aliphatic hydroxyl groups is 2. The molecule has 3 aromatic rings. The lowest BCUT2D eigenvalue weighted by Crippen LogP contribution is -2.82. The van der Waals surface area contributed by atoms with E-state index >= 15 is 4.79 Å². The summed E-state index contributed by atoms with van der Waals surface area (Å²) in [4.78, 5) is 105. The monoisotopic (exact) mass is 933 g/mol. The minimum absolute atomic E-state index is 0.0127. The molecule has 1 saturated heterocycles. The van der Waals surface area contributed by atoms with Gasteiger partial charge in [0.25, 0.3) is 5.91 Å². The number of nitrogens with one attached hydrogen (secondary N) is 1. The smallest absolute Gasteiger partial charge is 0.456 e. The van der Waals surface area contributed by atoms with Gasteiger partial charge in [0.15, 0.2) is 23.6 Å².